The summed E-state index contributed by atoms with van der Waals surface area (Å²) >= 11 is 0. The summed E-state index contributed by atoms with van der Waals surface area (Å²) in [6.07, 6.45) is 2.31. The predicted octanol–water partition coefficient (Wildman–Crippen LogP) is 3.69. The number of rotatable bonds is 7. The number of allylic oxidation sites excluding steroid dienone is 1. The summed E-state index contributed by atoms with van der Waals surface area (Å²) in [7, 11) is 1.62. The lowest BCUT2D eigenvalue weighted by atomic mass is 10.0. The highest BCUT2D eigenvalue weighted by Gasteiger charge is 2.21. The minimum Gasteiger partial charge on any atom is -0.497 e. The number of nitrogens with one attached hydrogen (secondary N) is 1. The molecule has 1 amide bonds. The minimum atomic E-state index is -0.298. The van der Waals surface area contributed by atoms with E-state index in [1.807, 2.05) is 31.2 Å². The van der Waals surface area contributed by atoms with E-state index >= 15 is 0 Å². The van der Waals surface area contributed by atoms with Crippen molar-refractivity contribution in [3.63, 3.8) is 0 Å². The van der Waals surface area contributed by atoms with E-state index < -0.39 is 0 Å². The van der Waals surface area contributed by atoms with Gasteiger partial charge < -0.3 is 14.5 Å². The fourth-order valence-electron chi connectivity index (χ4n) is 2.49. The normalized spacial score (nSPS) is 13.0. The van der Waals surface area contributed by atoms with Gasteiger partial charge in [-0.15, -0.1) is 10.2 Å². The van der Waals surface area contributed by atoms with Crippen molar-refractivity contribution in [2.45, 2.75) is 40.2 Å². The highest BCUT2D eigenvalue weighted by atomic mass is 16.5. The van der Waals surface area contributed by atoms with Crippen molar-refractivity contribution >= 4 is 11.5 Å². The van der Waals surface area contributed by atoms with Crippen molar-refractivity contribution in [1.29, 1.82) is 0 Å². The molecule has 0 aliphatic heterocycles. The van der Waals surface area contributed by atoms with Crippen molar-refractivity contribution < 1.29 is 13.9 Å². The maximum atomic E-state index is 12.4. The van der Waals surface area contributed by atoms with Crippen LogP contribution in [0.5, 0.6) is 5.75 Å². The molecule has 0 spiro atoms. The second kappa shape index (κ2) is 8.46. The van der Waals surface area contributed by atoms with E-state index in [1.165, 1.54) is 0 Å². The number of aromatic nitrogens is 2. The molecule has 6 heteroatoms. The first-order valence-corrected chi connectivity index (χ1v) is 8.32. The van der Waals surface area contributed by atoms with Crippen molar-refractivity contribution in [2.75, 3.05) is 7.11 Å². The van der Waals surface area contributed by atoms with Crippen LogP contribution in [0.25, 0.3) is 5.57 Å². The standard InChI is InChI=1S/C19H25N3O3/c1-12(2)10-17(19-22-21-14(4)25-19)20-18(23)11-13(3)15-6-8-16(24-5)9-7-15/h6-9,11-12,17H,10H2,1-5H3,(H,20,23)/b13-11+. The van der Waals surface area contributed by atoms with Gasteiger partial charge in [0.15, 0.2) is 0 Å². The second-order valence-electron chi connectivity index (χ2n) is 6.41. The molecule has 134 valence electrons. The maximum absolute atomic E-state index is 12.4. The molecule has 0 fully saturated rings. The number of amides is 1. The van der Waals surface area contributed by atoms with E-state index in [0.717, 1.165) is 23.3 Å². The molecule has 1 heterocycles. The van der Waals surface area contributed by atoms with Crippen molar-refractivity contribution in [3.8, 4) is 5.75 Å². The van der Waals surface area contributed by atoms with Gasteiger partial charge in [-0.3, -0.25) is 4.79 Å². The van der Waals surface area contributed by atoms with Gasteiger partial charge in [-0.2, -0.15) is 0 Å². The van der Waals surface area contributed by atoms with Crippen LogP contribution in [0.15, 0.2) is 34.8 Å². The topological polar surface area (TPSA) is 77.2 Å². The van der Waals surface area contributed by atoms with Crippen LogP contribution in [0, 0.1) is 12.8 Å². The predicted molar refractivity (Wildman–Crippen MR) is 96.0 cm³/mol. The molecule has 25 heavy (non-hydrogen) atoms. The van der Waals surface area contributed by atoms with Crippen LogP contribution in [-0.4, -0.2) is 23.2 Å². The lowest BCUT2D eigenvalue weighted by Crippen LogP contribution is -2.28. The third kappa shape index (κ3) is 5.45. The Bertz CT molecular complexity index is 733. The molecular formula is C19H25N3O3. The number of benzene rings is 1. The molecule has 1 aromatic heterocycles. The summed E-state index contributed by atoms with van der Waals surface area (Å²) in [4.78, 5) is 12.4. The monoisotopic (exact) mass is 343 g/mol. The molecule has 1 N–H and O–H groups in total. The first kappa shape index (κ1) is 18.7. The molecule has 1 atom stereocenters. The van der Waals surface area contributed by atoms with Crippen LogP contribution < -0.4 is 10.1 Å². The summed E-state index contributed by atoms with van der Waals surface area (Å²) in [5.41, 5.74) is 1.83. The number of hydrogen-bond acceptors (Lipinski definition) is 5. The van der Waals surface area contributed by atoms with Gasteiger partial charge in [0.05, 0.1) is 7.11 Å². The van der Waals surface area contributed by atoms with E-state index in [-0.39, 0.29) is 11.9 Å². The van der Waals surface area contributed by atoms with E-state index in [1.54, 1.807) is 20.1 Å². The van der Waals surface area contributed by atoms with Crippen molar-refractivity contribution in [1.82, 2.24) is 15.5 Å². The van der Waals surface area contributed by atoms with Crippen LogP contribution >= 0.6 is 0 Å². The molecule has 2 rings (SSSR count). The summed E-state index contributed by atoms with van der Waals surface area (Å²) < 4.78 is 10.6. The van der Waals surface area contributed by atoms with Gasteiger partial charge in [0.1, 0.15) is 11.8 Å². The van der Waals surface area contributed by atoms with Gasteiger partial charge in [0.2, 0.25) is 17.7 Å². The number of methoxy groups -OCH3 is 1. The van der Waals surface area contributed by atoms with Gasteiger partial charge in [0, 0.05) is 13.0 Å². The molecular weight excluding hydrogens is 318 g/mol. The molecule has 0 aliphatic carbocycles. The van der Waals surface area contributed by atoms with Crippen molar-refractivity contribution in [2.24, 2.45) is 5.92 Å². The maximum Gasteiger partial charge on any atom is 0.244 e. The molecule has 2 aromatic rings. The molecule has 0 radical (unpaired) electrons. The highest BCUT2D eigenvalue weighted by Crippen LogP contribution is 2.21. The number of carbonyl (C=O) groups is 1. The fraction of sp³-hybridized carbons (Fsp3) is 0.421. The zero-order chi connectivity index (χ0) is 18.4. The zero-order valence-corrected chi connectivity index (χ0v) is 15.4. The molecule has 1 aromatic carbocycles. The lowest BCUT2D eigenvalue weighted by molar-refractivity contribution is -0.117. The SMILES string of the molecule is COc1ccc(/C(C)=C/C(=O)NC(CC(C)C)c2nnc(C)o2)cc1. The Morgan fingerprint density at radius 2 is 1.96 bits per heavy atom. The molecule has 6 nitrogen and oxygen atoms in total. The fourth-order valence-corrected chi connectivity index (χ4v) is 2.49. The van der Waals surface area contributed by atoms with Crippen LogP contribution in [0.2, 0.25) is 0 Å². The first-order valence-electron chi connectivity index (χ1n) is 8.32. The quantitative estimate of drug-likeness (QED) is 0.776. The van der Waals surface area contributed by atoms with E-state index in [4.69, 9.17) is 9.15 Å². The van der Waals surface area contributed by atoms with Crippen molar-refractivity contribution in [3.05, 3.63) is 47.7 Å². The number of carbonyl (C=O) groups excluding carboxylic acids is 1. The summed E-state index contributed by atoms with van der Waals surface area (Å²) in [5.74, 6) is 1.90. The third-order valence-electron chi connectivity index (χ3n) is 3.76. The lowest BCUT2D eigenvalue weighted by Gasteiger charge is -2.16. The van der Waals surface area contributed by atoms with Crippen LogP contribution in [0.1, 0.15) is 50.6 Å². The second-order valence-corrected chi connectivity index (χ2v) is 6.41. The summed E-state index contributed by atoms with van der Waals surface area (Å²) in [6, 6.07) is 7.28. The smallest absolute Gasteiger partial charge is 0.244 e. The Morgan fingerprint density at radius 3 is 2.48 bits per heavy atom. The average molecular weight is 343 g/mol. The third-order valence-corrected chi connectivity index (χ3v) is 3.76. The highest BCUT2D eigenvalue weighted by molar-refractivity contribution is 5.95. The number of aryl methyl sites for hydroxylation is 1. The zero-order valence-electron chi connectivity index (χ0n) is 15.4. The summed E-state index contributed by atoms with van der Waals surface area (Å²) in [5, 5.41) is 10.9. The van der Waals surface area contributed by atoms with Crippen LogP contribution in [-0.2, 0) is 4.79 Å². The van der Waals surface area contributed by atoms with Gasteiger partial charge in [-0.1, -0.05) is 26.0 Å². The molecule has 0 aliphatic rings. The van der Waals surface area contributed by atoms with Gasteiger partial charge in [-0.25, -0.2) is 0 Å². The Kier molecular flexibility index (Phi) is 6.33. The molecule has 0 saturated carbocycles. The van der Waals surface area contributed by atoms with E-state index in [9.17, 15) is 4.79 Å². The van der Waals surface area contributed by atoms with Crippen LogP contribution in [0.3, 0.4) is 0 Å². The largest absolute Gasteiger partial charge is 0.497 e. The number of ether oxygens (including phenoxy) is 1. The number of hydrogen-bond donors (Lipinski definition) is 1. The van der Waals surface area contributed by atoms with Gasteiger partial charge >= 0.3 is 0 Å². The van der Waals surface area contributed by atoms with Crippen LogP contribution in [0.4, 0.5) is 0 Å². The van der Waals surface area contributed by atoms with E-state index in [0.29, 0.717) is 17.7 Å². The van der Waals surface area contributed by atoms with E-state index in [2.05, 4.69) is 29.4 Å². The first-order chi connectivity index (χ1) is 11.9. The average Bonchev–Trinajstić information content (AvgIpc) is 3.00. The summed E-state index contributed by atoms with van der Waals surface area (Å²) in [6.45, 7) is 7.80. The molecule has 0 bridgehead atoms. The number of nitrogens with zero attached hydrogens (tertiary/aromatic N) is 2. The minimum absolute atomic E-state index is 0.185. The Labute approximate surface area is 148 Å². The Balaban J connectivity index is 2.11. The molecule has 1 unspecified atom stereocenters. The van der Waals surface area contributed by atoms with Gasteiger partial charge in [-0.05, 0) is 42.5 Å². The Morgan fingerprint density at radius 1 is 1.28 bits per heavy atom. The Hall–Kier alpha value is -2.63. The molecule has 0 saturated heterocycles. The van der Waals surface area contributed by atoms with Gasteiger partial charge in [0.25, 0.3) is 0 Å².